The van der Waals surface area contributed by atoms with Crippen molar-refractivity contribution in [1.29, 1.82) is 0 Å². The number of rotatable bonds is 6. The van der Waals surface area contributed by atoms with Crippen LogP contribution in [-0.4, -0.2) is 39.9 Å². The van der Waals surface area contributed by atoms with Crippen LogP contribution in [0.1, 0.15) is 0 Å². The van der Waals surface area contributed by atoms with E-state index in [0.717, 1.165) is 0 Å². The van der Waals surface area contributed by atoms with Gasteiger partial charge in [0.15, 0.2) is 0 Å². The van der Waals surface area contributed by atoms with Gasteiger partial charge in [-0.1, -0.05) is 11.6 Å². The summed E-state index contributed by atoms with van der Waals surface area (Å²) < 4.78 is 31.2. The molecule has 0 aromatic heterocycles. The zero-order valence-electron chi connectivity index (χ0n) is 9.56. The number of halogens is 2. The number of ether oxygens (including phenoxy) is 1. The van der Waals surface area contributed by atoms with Gasteiger partial charge in [-0.3, -0.25) is 0 Å². The number of aliphatic hydroxyl groups is 1. The number of hydrogen-bond donors (Lipinski definition) is 2. The summed E-state index contributed by atoms with van der Waals surface area (Å²) in [5.41, 5.74) is 0. The second-order valence-electron chi connectivity index (χ2n) is 3.54. The predicted molar refractivity (Wildman–Crippen MR) is 72.2 cm³/mol. The van der Waals surface area contributed by atoms with Gasteiger partial charge in [0.05, 0.1) is 22.6 Å². The first-order valence-electron chi connectivity index (χ1n) is 4.98. The summed E-state index contributed by atoms with van der Waals surface area (Å²) >= 11 is 8.93. The van der Waals surface area contributed by atoms with E-state index in [9.17, 15) is 13.5 Å². The molecule has 0 aliphatic heterocycles. The van der Waals surface area contributed by atoms with Gasteiger partial charge in [-0.05, 0) is 34.1 Å². The van der Waals surface area contributed by atoms with E-state index in [0.29, 0.717) is 9.50 Å². The topological polar surface area (TPSA) is 75.6 Å². The molecule has 0 fully saturated rings. The number of hydrogen-bond acceptors (Lipinski definition) is 4. The quantitative estimate of drug-likeness (QED) is 0.806. The van der Waals surface area contributed by atoms with Crippen molar-refractivity contribution in [2.45, 2.75) is 11.0 Å². The molecule has 0 radical (unpaired) electrons. The molecule has 0 aliphatic rings. The van der Waals surface area contributed by atoms with E-state index >= 15 is 0 Å². The van der Waals surface area contributed by atoms with Crippen LogP contribution in [0.4, 0.5) is 0 Å². The minimum atomic E-state index is -3.67. The van der Waals surface area contributed by atoms with Crippen LogP contribution in [0.15, 0.2) is 27.6 Å². The van der Waals surface area contributed by atoms with Crippen LogP contribution in [0.2, 0.25) is 5.02 Å². The van der Waals surface area contributed by atoms with Crippen molar-refractivity contribution >= 4 is 37.6 Å². The summed E-state index contributed by atoms with van der Waals surface area (Å²) in [4.78, 5) is 0.0726. The molecule has 0 saturated carbocycles. The van der Waals surface area contributed by atoms with Crippen molar-refractivity contribution in [3.8, 4) is 0 Å². The van der Waals surface area contributed by atoms with Crippen LogP contribution < -0.4 is 4.72 Å². The second kappa shape index (κ2) is 6.83. The van der Waals surface area contributed by atoms with Crippen molar-refractivity contribution in [3.05, 3.63) is 27.7 Å². The lowest BCUT2D eigenvalue weighted by Gasteiger charge is -2.11. The van der Waals surface area contributed by atoms with Gasteiger partial charge in [-0.25, -0.2) is 13.1 Å². The van der Waals surface area contributed by atoms with Crippen molar-refractivity contribution in [2.75, 3.05) is 20.3 Å². The van der Waals surface area contributed by atoms with Gasteiger partial charge in [-0.15, -0.1) is 0 Å². The lowest BCUT2D eigenvalue weighted by Crippen LogP contribution is -2.34. The van der Waals surface area contributed by atoms with Gasteiger partial charge in [0.25, 0.3) is 0 Å². The Balaban J connectivity index is 2.77. The second-order valence-corrected chi connectivity index (χ2v) is 6.57. The molecule has 0 aliphatic carbocycles. The average Bonchev–Trinajstić information content (AvgIpc) is 2.30. The summed E-state index contributed by atoms with van der Waals surface area (Å²) in [6.07, 6.45) is -0.888. The van der Waals surface area contributed by atoms with Gasteiger partial charge >= 0.3 is 0 Å². The molecule has 1 aromatic rings. The van der Waals surface area contributed by atoms with E-state index in [-0.39, 0.29) is 18.0 Å². The van der Waals surface area contributed by atoms with Gasteiger partial charge < -0.3 is 9.84 Å². The highest BCUT2D eigenvalue weighted by Crippen LogP contribution is 2.25. The molecule has 18 heavy (non-hydrogen) atoms. The first kappa shape index (κ1) is 15.9. The van der Waals surface area contributed by atoms with Crippen LogP contribution >= 0.6 is 27.5 Å². The molecule has 102 valence electrons. The lowest BCUT2D eigenvalue weighted by atomic mass is 10.4. The van der Waals surface area contributed by atoms with E-state index in [4.69, 9.17) is 16.3 Å². The average molecular weight is 359 g/mol. The molecule has 0 amide bonds. The minimum absolute atomic E-state index is 0.0623. The third-order valence-electron chi connectivity index (χ3n) is 2.07. The van der Waals surface area contributed by atoms with Crippen LogP contribution in [0, 0.1) is 0 Å². The van der Waals surface area contributed by atoms with Gasteiger partial charge in [-0.2, -0.15) is 0 Å². The minimum Gasteiger partial charge on any atom is -0.389 e. The summed E-state index contributed by atoms with van der Waals surface area (Å²) in [5, 5.41) is 9.80. The molecule has 0 saturated heterocycles. The Hall–Kier alpha value is -0.180. The highest BCUT2D eigenvalue weighted by molar-refractivity contribution is 9.10. The van der Waals surface area contributed by atoms with E-state index < -0.39 is 16.1 Å². The first-order valence-corrected chi connectivity index (χ1v) is 7.64. The van der Waals surface area contributed by atoms with Crippen molar-refractivity contribution in [1.82, 2.24) is 4.72 Å². The molecule has 0 spiro atoms. The molecule has 0 bridgehead atoms. The summed E-state index contributed by atoms with van der Waals surface area (Å²) in [6.45, 7) is -0.0523. The van der Waals surface area contributed by atoms with E-state index in [2.05, 4.69) is 20.7 Å². The Labute approximate surface area is 119 Å². The van der Waals surface area contributed by atoms with Gasteiger partial charge in [0, 0.05) is 18.1 Å². The zero-order chi connectivity index (χ0) is 13.8. The predicted octanol–water partition coefficient (Wildman–Crippen LogP) is 1.39. The van der Waals surface area contributed by atoms with Crippen LogP contribution in [-0.2, 0) is 14.8 Å². The monoisotopic (exact) mass is 357 g/mol. The highest BCUT2D eigenvalue weighted by atomic mass is 79.9. The fraction of sp³-hybridized carbons (Fsp3) is 0.400. The molecule has 1 aromatic carbocycles. The van der Waals surface area contributed by atoms with E-state index in [1.807, 2.05) is 0 Å². The lowest BCUT2D eigenvalue weighted by molar-refractivity contribution is 0.0679. The molecule has 0 heterocycles. The molecule has 8 heteroatoms. The third kappa shape index (κ3) is 4.49. The van der Waals surface area contributed by atoms with Gasteiger partial charge in [0.2, 0.25) is 10.0 Å². The maximum atomic E-state index is 11.9. The Bertz CT molecular complexity index is 509. The molecule has 1 rings (SSSR count). The van der Waals surface area contributed by atoms with Crippen molar-refractivity contribution in [3.63, 3.8) is 0 Å². The molecule has 1 unspecified atom stereocenters. The Morgan fingerprint density at radius 2 is 2.22 bits per heavy atom. The fourth-order valence-corrected chi connectivity index (χ4v) is 2.93. The van der Waals surface area contributed by atoms with Crippen LogP contribution in [0.25, 0.3) is 0 Å². The molecular weight excluding hydrogens is 346 g/mol. The summed E-state index contributed by atoms with van der Waals surface area (Å²) in [6, 6.07) is 4.26. The Morgan fingerprint density at radius 3 is 2.78 bits per heavy atom. The Kier molecular flexibility index (Phi) is 6.03. The Morgan fingerprint density at radius 1 is 1.56 bits per heavy atom. The van der Waals surface area contributed by atoms with E-state index in [1.165, 1.54) is 25.3 Å². The summed E-state index contributed by atoms with van der Waals surface area (Å²) in [7, 11) is -2.24. The molecule has 1 atom stereocenters. The number of nitrogens with one attached hydrogen (secondary N) is 1. The van der Waals surface area contributed by atoms with Crippen molar-refractivity contribution < 1.29 is 18.3 Å². The standard InChI is InChI=1S/C10H13BrClNO4S/c1-17-6-7(14)5-13-18(15,16)8-2-3-10(12)9(11)4-8/h2-4,7,13-14H,5-6H2,1H3. The number of sulfonamides is 1. The van der Waals surface area contributed by atoms with Crippen molar-refractivity contribution in [2.24, 2.45) is 0 Å². The summed E-state index contributed by atoms with van der Waals surface area (Å²) in [5.74, 6) is 0. The normalized spacial score (nSPS) is 13.6. The SMILES string of the molecule is COCC(O)CNS(=O)(=O)c1ccc(Cl)c(Br)c1. The van der Waals surface area contributed by atoms with Crippen LogP contribution in [0.5, 0.6) is 0 Å². The maximum absolute atomic E-state index is 11.9. The molecule has 5 nitrogen and oxygen atoms in total. The van der Waals surface area contributed by atoms with E-state index in [1.54, 1.807) is 0 Å². The zero-order valence-corrected chi connectivity index (χ0v) is 12.7. The molecular formula is C10H13BrClNO4S. The molecule has 2 N–H and O–H groups in total. The highest BCUT2D eigenvalue weighted by Gasteiger charge is 2.16. The van der Waals surface area contributed by atoms with Gasteiger partial charge in [0.1, 0.15) is 0 Å². The first-order chi connectivity index (χ1) is 8.36. The number of aliphatic hydroxyl groups excluding tert-OH is 1. The number of benzene rings is 1. The number of methoxy groups -OCH3 is 1. The maximum Gasteiger partial charge on any atom is 0.240 e. The smallest absolute Gasteiger partial charge is 0.240 e. The fourth-order valence-electron chi connectivity index (χ4n) is 1.18. The van der Waals surface area contributed by atoms with Crippen LogP contribution in [0.3, 0.4) is 0 Å². The largest absolute Gasteiger partial charge is 0.389 e. The third-order valence-corrected chi connectivity index (χ3v) is 4.70.